The van der Waals surface area contributed by atoms with Crippen molar-refractivity contribution in [3.63, 3.8) is 0 Å². The number of thioether (sulfide) groups is 1. The summed E-state index contributed by atoms with van der Waals surface area (Å²) < 4.78 is 0. The molecule has 1 fully saturated rings. The highest BCUT2D eigenvalue weighted by atomic mass is 32.2. The summed E-state index contributed by atoms with van der Waals surface area (Å²) in [4.78, 5) is 0. The molecule has 1 aromatic carbocycles. The van der Waals surface area contributed by atoms with Crippen molar-refractivity contribution in [1.82, 2.24) is 5.32 Å². The molecule has 1 aliphatic heterocycles. The zero-order valence-electron chi connectivity index (χ0n) is 10.7. The smallest absolute Gasteiger partial charge is 0.119 e. The minimum Gasteiger partial charge on any atom is -0.508 e. The third kappa shape index (κ3) is 2.52. The van der Waals surface area contributed by atoms with Crippen molar-refractivity contribution < 1.29 is 5.11 Å². The Labute approximate surface area is 113 Å². The van der Waals surface area contributed by atoms with Crippen molar-refractivity contribution in [2.24, 2.45) is 5.92 Å². The van der Waals surface area contributed by atoms with Crippen molar-refractivity contribution in [3.8, 4) is 5.75 Å². The fraction of sp³-hybridized carbons (Fsp3) is 0.600. The van der Waals surface area contributed by atoms with Crippen LogP contribution in [0.5, 0.6) is 5.75 Å². The van der Waals surface area contributed by atoms with E-state index in [1.165, 1.54) is 29.9 Å². The summed E-state index contributed by atoms with van der Waals surface area (Å²) in [5, 5.41) is 13.5. The second kappa shape index (κ2) is 5.54. The lowest BCUT2D eigenvalue weighted by Gasteiger charge is -2.24. The van der Waals surface area contributed by atoms with Gasteiger partial charge in [0.15, 0.2) is 0 Å². The number of aromatic hydroxyl groups is 1. The molecule has 0 saturated carbocycles. The minimum atomic E-state index is 0.460. The Morgan fingerprint density at radius 3 is 2.89 bits per heavy atom. The van der Waals surface area contributed by atoms with Crippen LogP contribution in [0.2, 0.25) is 0 Å². The highest BCUT2D eigenvalue weighted by Crippen LogP contribution is 2.36. The summed E-state index contributed by atoms with van der Waals surface area (Å²) >= 11 is 2.09. The summed E-state index contributed by atoms with van der Waals surface area (Å²) in [6.45, 7) is 1.14. The molecule has 0 bridgehead atoms. The van der Waals surface area contributed by atoms with E-state index in [9.17, 15) is 5.11 Å². The number of phenolic OH excluding ortho intramolecular Hbond substituents is 1. The highest BCUT2D eigenvalue weighted by molar-refractivity contribution is 7.99. The van der Waals surface area contributed by atoms with Crippen molar-refractivity contribution >= 4 is 11.8 Å². The Balaban J connectivity index is 1.60. The van der Waals surface area contributed by atoms with Gasteiger partial charge in [0, 0.05) is 6.04 Å². The lowest BCUT2D eigenvalue weighted by molar-refractivity contribution is 0.409. The Hall–Kier alpha value is -0.670. The van der Waals surface area contributed by atoms with E-state index in [0.717, 1.165) is 30.9 Å². The van der Waals surface area contributed by atoms with Crippen LogP contribution in [0.3, 0.4) is 0 Å². The lowest BCUT2D eigenvalue weighted by atomic mass is 10.0. The zero-order valence-corrected chi connectivity index (χ0v) is 11.5. The maximum atomic E-state index is 9.84. The summed E-state index contributed by atoms with van der Waals surface area (Å²) in [7, 11) is 0. The third-order valence-corrected chi connectivity index (χ3v) is 5.29. The third-order valence-electron chi connectivity index (χ3n) is 4.24. The normalized spacial score (nSPS) is 24.1. The van der Waals surface area contributed by atoms with E-state index in [1.54, 1.807) is 6.07 Å². The first kappa shape index (κ1) is 12.4. The number of phenols is 1. The van der Waals surface area contributed by atoms with Crippen molar-refractivity contribution in [2.75, 3.05) is 18.1 Å². The zero-order chi connectivity index (χ0) is 12.4. The van der Waals surface area contributed by atoms with Gasteiger partial charge in [0.25, 0.3) is 0 Å². The quantitative estimate of drug-likeness (QED) is 0.879. The topological polar surface area (TPSA) is 32.3 Å². The fourth-order valence-corrected chi connectivity index (χ4v) is 4.31. The number of fused-ring (bicyclic) bond motifs is 1. The molecule has 2 N–H and O–H groups in total. The van der Waals surface area contributed by atoms with Crippen LogP contribution in [0.4, 0.5) is 0 Å². The Morgan fingerprint density at radius 2 is 2.06 bits per heavy atom. The average molecular weight is 263 g/mol. The largest absolute Gasteiger partial charge is 0.508 e. The number of rotatable bonds is 3. The monoisotopic (exact) mass is 263 g/mol. The molecule has 2 nitrogen and oxygen atoms in total. The van der Waals surface area contributed by atoms with Crippen LogP contribution < -0.4 is 5.32 Å². The molecule has 1 aromatic rings. The van der Waals surface area contributed by atoms with Gasteiger partial charge in [0.2, 0.25) is 0 Å². The molecule has 2 aliphatic rings. The van der Waals surface area contributed by atoms with Gasteiger partial charge in [-0.3, -0.25) is 0 Å². The van der Waals surface area contributed by atoms with E-state index < -0.39 is 0 Å². The number of hydrogen-bond acceptors (Lipinski definition) is 3. The van der Waals surface area contributed by atoms with Gasteiger partial charge in [0.1, 0.15) is 5.75 Å². The van der Waals surface area contributed by atoms with Crippen LogP contribution in [0, 0.1) is 5.92 Å². The van der Waals surface area contributed by atoms with Crippen molar-refractivity contribution in [1.29, 1.82) is 0 Å². The minimum absolute atomic E-state index is 0.460. The predicted octanol–water partition coefficient (Wildman–Crippen LogP) is 3.11. The fourth-order valence-electron chi connectivity index (χ4n) is 3.11. The van der Waals surface area contributed by atoms with Crippen molar-refractivity contribution in [2.45, 2.75) is 31.7 Å². The average Bonchev–Trinajstić information content (AvgIpc) is 2.82. The van der Waals surface area contributed by atoms with Crippen LogP contribution in [-0.2, 0) is 6.42 Å². The van der Waals surface area contributed by atoms with Gasteiger partial charge in [-0.05, 0) is 66.8 Å². The van der Waals surface area contributed by atoms with E-state index in [-0.39, 0.29) is 0 Å². The molecule has 1 saturated heterocycles. The second-order valence-corrected chi connectivity index (χ2v) is 6.62. The van der Waals surface area contributed by atoms with Crippen LogP contribution >= 0.6 is 11.8 Å². The molecule has 1 unspecified atom stereocenters. The van der Waals surface area contributed by atoms with Gasteiger partial charge in [-0.2, -0.15) is 11.8 Å². The van der Waals surface area contributed by atoms with E-state index in [2.05, 4.69) is 23.1 Å². The van der Waals surface area contributed by atoms with Crippen LogP contribution in [-0.4, -0.2) is 23.2 Å². The summed E-state index contributed by atoms with van der Waals surface area (Å²) in [5.74, 6) is 3.99. The van der Waals surface area contributed by atoms with Crippen LogP contribution in [0.1, 0.15) is 36.4 Å². The highest BCUT2D eigenvalue weighted by Gasteiger charge is 2.25. The molecular formula is C15H21NOS. The maximum Gasteiger partial charge on any atom is 0.119 e. The molecule has 0 spiro atoms. The van der Waals surface area contributed by atoms with Gasteiger partial charge in [-0.15, -0.1) is 0 Å². The van der Waals surface area contributed by atoms with Gasteiger partial charge < -0.3 is 10.4 Å². The molecule has 0 radical (unpaired) electrons. The van der Waals surface area contributed by atoms with E-state index in [0.29, 0.717) is 11.8 Å². The number of nitrogens with one attached hydrogen (secondary N) is 1. The first-order valence-corrected chi connectivity index (χ1v) is 8.12. The van der Waals surface area contributed by atoms with E-state index >= 15 is 0 Å². The SMILES string of the molecule is Oc1cccc2c1CCC2NCC1CCSCC1. The first-order valence-electron chi connectivity index (χ1n) is 6.96. The Kier molecular flexibility index (Phi) is 3.80. The maximum absolute atomic E-state index is 9.84. The number of hydrogen-bond donors (Lipinski definition) is 2. The molecule has 3 heteroatoms. The molecule has 1 heterocycles. The van der Waals surface area contributed by atoms with E-state index in [4.69, 9.17) is 0 Å². The van der Waals surface area contributed by atoms with Gasteiger partial charge in [-0.25, -0.2) is 0 Å². The Morgan fingerprint density at radius 1 is 1.22 bits per heavy atom. The van der Waals surface area contributed by atoms with Crippen molar-refractivity contribution in [3.05, 3.63) is 29.3 Å². The second-order valence-electron chi connectivity index (χ2n) is 5.40. The van der Waals surface area contributed by atoms with E-state index in [1.807, 2.05) is 6.07 Å². The predicted molar refractivity (Wildman–Crippen MR) is 77.2 cm³/mol. The van der Waals surface area contributed by atoms with Gasteiger partial charge in [-0.1, -0.05) is 12.1 Å². The first-order chi connectivity index (χ1) is 8.84. The van der Waals surface area contributed by atoms with Crippen LogP contribution in [0.25, 0.3) is 0 Å². The number of benzene rings is 1. The summed E-state index contributed by atoms with van der Waals surface area (Å²) in [6, 6.07) is 6.39. The molecule has 0 amide bonds. The molecular weight excluding hydrogens is 242 g/mol. The molecule has 98 valence electrons. The van der Waals surface area contributed by atoms with Crippen LogP contribution in [0.15, 0.2) is 18.2 Å². The standard InChI is InChI=1S/C15H21NOS/c17-15-3-1-2-12-13(15)4-5-14(12)16-10-11-6-8-18-9-7-11/h1-3,11,14,16-17H,4-10H2. The molecule has 18 heavy (non-hydrogen) atoms. The van der Waals surface area contributed by atoms with Gasteiger partial charge >= 0.3 is 0 Å². The Bertz CT molecular complexity index is 415. The molecule has 0 aromatic heterocycles. The molecule has 3 rings (SSSR count). The summed E-state index contributed by atoms with van der Waals surface area (Å²) in [5.41, 5.74) is 2.48. The summed E-state index contributed by atoms with van der Waals surface area (Å²) in [6.07, 6.45) is 4.86. The molecule has 1 aliphatic carbocycles. The van der Waals surface area contributed by atoms with Gasteiger partial charge in [0.05, 0.1) is 0 Å². The molecule has 1 atom stereocenters. The lowest BCUT2D eigenvalue weighted by Crippen LogP contribution is -2.28.